The highest BCUT2D eigenvalue weighted by Gasteiger charge is 2.11. The van der Waals surface area contributed by atoms with Crippen LogP contribution in [0.1, 0.15) is 39.2 Å². The monoisotopic (exact) mass is 281 g/mol. The Balaban J connectivity index is 2.57. The minimum absolute atomic E-state index is 0.546. The van der Waals surface area contributed by atoms with Gasteiger partial charge >= 0.3 is 0 Å². The normalized spacial score (nSPS) is 11.4. The molecule has 20 heavy (non-hydrogen) atoms. The van der Waals surface area contributed by atoms with Crippen molar-refractivity contribution in [3.8, 4) is 11.5 Å². The van der Waals surface area contributed by atoms with E-state index in [1.54, 1.807) is 21.0 Å². The second-order valence-corrected chi connectivity index (χ2v) is 5.60. The number of methoxy groups -OCH3 is 1. The topological polar surface area (TPSA) is 50.7 Å². The Kier molecular flexibility index (Phi) is 6.82. The lowest BCUT2D eigenvalue weighted by atomic mass is 10.1. The fraction of sp³-hybridized carbons (Fsp3) is 0.625. The van der Waals surface area contributed by atoms with Gasteiger partial charge in [0.1, 0.15) is 0 Å². The first-order valence-corrected chi connectivity index (χ1v) is 7.19. The van der Waals surface area contributed by atoms with Crippen LogP contribution in [0.5, 0.6) is 11.5 Å². The third kappa shape index (κ3) is 6.26. The Hall–Kier alpha value is -1.26. The Morgan fingerprint density at radius 3 is 2.60 bits per heavy atom. The van der Waals surface area contributed by atoms with E-state index in [9.17, 15) is 5.11 Å². The van der Waals surface area contributed by atoms with Crippen molar-refractivity contribution in [2.45, 2.75) is 45.8 Å². The van der Waals surface area contributed by atoms with Crippen molar-refractivity contribution in [1.29, 1.82) is 0 Å². The summed E-state index contributed by atoms with van der Waals surface area (Å²) in [5.74, 6) is 1.54. The van der Waals surface area contributed by atoms with Crippen LogP contribution in [0.25, 0.3) is 0 Å². The lowest BCUT2D eigenvalue weighted by Crippen LogP contribution is -2.34. The van der Waals surface area contributed by atoms with Crippen molar-refractivity contribution in [2.75, 3.05) is 20.3 Å². The molecule has 0 aliphatic carbocycles. The van der Waals surface area contributed by atoms with E-state index < -0.39 is 5.60 Å². The van der Waals surface area contributed by atoms with E-state index in [0.717, 1.165) is 29.9 Å². The third-order valence-corrected chi connectivity index (χ3v) is 2.87. The molecule has 0 amide bonds. The zero-order chi connectivity index (χ0) is 15.0. The van der Waals surface area contributed by atoms with Crippen LogP contribution in [0.3, 0.4) is 0 Å². The summed E-state index contributed by atoms with van der Waals surface area (Å²) in [6.45, 7) is 7.65. The Labute approximate surface area is 122 Å². The van der Waals surface area contributed by atoms with Crippen LogP contribution in [0.15, 0.2) is 18.2 Å². The first-order valence-electron chi connectivity index (χ1n) is 7.19. The van der Waals surface area contributed by atoms with Crippen LogP contribution < -0.4 is 14.8 Å². The van der Waals surface area contributed by atoms with E-state index in [2.05, 4.69) is 12.2 Å². The fourth-order valence-corrected chi connectivity index (χ4v) is 1.78. The molecule has 0 unspecified atom stereocenters. The van der Waals surface area contributed by atoms with Gasteiger partial charge in [0.25, 0.3) is 0 Å². The molecule has 1 aromatic rings. The average molecular weight is 281 g/mol. The predicted octanol–water partition coefficient (Wildman–Crippen LogP) is 2.73. The molecule has 4 heteroatoms. The molecular weight excluding hydrogens is 254 g/mol. The number of hydrogen-bond acceptors (Lipinski definition) is 4. The van der Waals surface area contributed by atoms with Gasteiger partial charge in [-0.3, -0.25) is 0 Å². The summed E-state index contributed by atoms with van der Waals surface area (Å²) >= 11 is 0. The van der Waals surface area contributed by atoms with Crippen molar-refractivity contribution < 1.29 is 14.6 Å². The van der Waals surface area contributed by atoms with Gasteiger partial charge in [0, 0.05) is 13.1 Å². The predicted molar refractivity (Wildman–Crippen MR) is 81.4 cm³/mol. The molecule has 0 fully saturated rings. The molecule has 2 N–H and O–H groups in total. The van der Waals surface area contributed by atoms with Gasteiger partial charge in [-0.05, 0) is 38.0 Å². The van der Waals surface area contributed by atoms with Gasteiger partial charge in [-0.1, -0.05) is 19.4 Å². The summed E-state index contributed by atoms with van der Waals surface area (Å²) in [6, 6.07) is 5.93. The molecule has 0 bridgehead atoms. The van der Waals surface area contributed by atoms with Crippen molar-refractivity contribution in [1.82, 2.24) is 5.32 Å². The van der Waals surface area contributed by atoms with Gasteiger partial charge in [0.2, 0.25) is 0 Å². The smallest absolute Gasteiger partial charge is 0.161 e. The van der Waals surface area contributed by atoms with E-state index in [1.807, 2.05) is 18.2 Å². The number of nitrogens with one attached hydrogen (secondary N) is 1. The van der Waals surface area contributed by atoms with Gasteiger partial charge in [0.15, 0.2) is 11.5 Å². The largest absolute Gasteiger partial charge is 0.493 e. The number of unbranched alkanes of at least 4 members (excludes halogenated alkanes) is 1. The number of rotatable bonds is 9. The highest BCUT2D eigenvalue weighted by molar-refractivity contribution is 5.42. The highest BCUT2D eigenvalue weighted by Crippen LogP contribution is 2.28. The fourth-order valence-electron chi connectivity index (χ4n) is 1.78. The molecule has 1 rings (SSSR count). The van der Waals surface area contributed by atoms with Crippen molar-refractivity contribution in [3.05, 3.63) is 23.8 Å². The summed E-state index contributed by atoms with van der Waals surface area (Å²) in [4.78, 5) is 0. The lowest BCUT2D eigenvalue weighted by molar-refractivity contribution is 0.0795. The van der Waals surface area contributed by atoms with E-state index in [4.69, 9.17) is 9.47 Å². The quantitative estimate of drug-likeness (QED) is 0.683. The maximum absolute atomic E-state index is 9.65. The van der Waals surface area contributed by atoms with Crippen molar-refractivity contribution in [3.63, 3.8) is 0 Å². The van der Waals surface area contributed by atoms with Crippen LogP contribution in [0.2, 0.25) is 0 Å². The van der Waals surface area contributed by atoms with E-state index in [-0.39, 0.29) is 0 Å². The van der Waals surface area contributed by atoms with Gasteiger partial charge in [0.05, 0.1) is 19.3 Å². The summed E-state index contributed by atoms with van der Waals surface area (Å²) in [7, 11) is 1.65. The molecule has 114 valence electrons. The zero-order valence-electron chi connectivity index (χ0n) is 13.0. The first-order chi connectivity index (χ1) is 9.46. The molecule has 0 radical (unpaired) electrons. The Bertz CT molecular complexity index is 399. The van der Waals surface area contributed by atoms with E-state index >= 15 is 0 Å². The summed E-state index contributed by atoms with van der Waals surface area (Å²) < 4.78 is 11.1. The molecule has 0 spiro atoms. The summed E-state index contributed by atoms with van der Waals surface area (Å²) in [5.41, 5.74) is 0.404. The minimum Gasteiger partial charge on any atom is -0.493 e. The summed E-state index contributed by atoms with van der Waals surface area (Å²) in [6.07, 6.45) is 2.15. The molecule has 0 atom stereocenters. The molecule has 1 aromatic carbocycles. The van der Waals surface area contributed by atoms with Gasteiger partial charge in [-0.2, -0.15) is 0 Å². The van der Waals surface area contributed by atoms with Gasteiger partial charge in [-0.25, -0.2) is 0 Å². The maximum atomic E-state index is 9.65. The molecule has 0 heterocycles. The standard InChI is InChI=1S/C16H27NO3/c1-5-6-9-20-14-8-7-13(10-15(14)19-4)11-17-12-16(2,3)18/h7-8,10,17-18H,5-6,9,11-12H2,1-4H3. The number of benzene rings is 1. The van der Waals surface area contributed by atoms with Crippen LogP contribution in [0.4, 0.5) is 0 Å². The molecule has 0 aliphatic rings. The van der Waals surface area contributed by atoms with Crippen LogP contribution in [-0.4, -0.2) is 31.0 Å². The summed E-state index contributed by atoms with van der Waals surface area (Å²) in [5, 5.41) is 12.9. The molecule has 4 nitrogen and oxygen atoms in total. The molecule has 0 aromatic heterocycles. The second-order valence-electron chi connectivity index (χ2n) is 5.60. The van der Waals surface area contributed by atoms with E-state index in [0.29, 0.717) is 19.7 Å². The number of aliphatic hydroxyl groups is 1. The Morgan fingerprint density at radius 1 is 1.25 bits per heavy atom. The van der Waals surface area contributed by atoms with Crippen molar-refractivity contribution >= 4 is 0 Å². The molecule has 0 aliphatic heterocycles. The number of ether oxygens (including phenoxy) is 2. The van der Waals surface area contributed by atoms with E-state index in [1.165, 1.54) is 0 Å². The SMILES string of the molecule is CCCCOc1ccc(CNCC(C)(C)O)cc1OC. The van der Waals surface area contributed by atoms with Gasteiger partial charge in [-0.15, -0.1) is 0 Å². The Morgan fingerprint density at radius 2 is 2.00 bits per heavy atom. The number of hydrogen-bond donors (Lipinski definition) is 2. The van der Waals surface area contributed by atoms with Crippen LogP contribution in [-0.2, 0) is 6.54 Å². The molecule has 0 saturated carbocycles. The highest BCUT2D eigenvalue weighted by atomic mass is 16.5. The molecule has 0 saturated heterocycles. The zero-order valence-corrected chi connectivity index (χ0v) is 13.0. The second kappa shape index (κ2) is 8.12. The lowest BCUT2D eigenvalue weighted by Gasteiger charge is -2.18. The van der Waals surface area contributed by atoms with Crippen molar-refractivity contribution in [2.24, 2.45) is 0 Å². The minimum atomic E-state index is -0.701. The maximum Gasteiger partial charge on any atom is 0.161 e. The first kappa shape index (κ1) is 16.8. The van der Waals surface area contributed by atoms with Gasteiger partial charge < -0.3 is 19.9 Å². The third-order valence-electron chi connectivity index (χ3n) is 2.87. The average Bonchev–Trinajstić information content (AvgIpc) is 2.38. The molecular formula is C16H27NO3. The van der Waals surface area contributed by atoms with Crippen LogP contribution >= 0.6 is 0 Å². The van der Waals surface area contributed by atoms with Crippen LogP contribution in [0, 0.1) is 0 Å².